The van der Waals surface area contributed by atoms with Crippen LogP contribution in [0.15, 0.2) is 48.9 Å². The molecule has 1 aromatic carbocycles. The molecular formula is C37H46N6O8. The molecule has 3 N–H and O–H groups in total. The third-order valence-corrected chi connectivity index (χ3v) is 9.55. The van der Waals surface area contributed by atoms with Gasteiger partial charge in [-0.2, -0.15) is 0 Å². The quantitative estimate of drug-likeness (QED) is 0.311. The van der Waals surface area contributed by atoms with Crippen LogP contribution in [-0.4, -0.2) is 91.4 Å². The highest BCUT2D eigenvalue weighted by atomic mass is 16.6. The summed E-state index contributed by atoms with van der Waals surface area (Å²) >= 11 is 0. The number of alkyl carbamates (subject to hydrolysis) is 1. The second-order valence-corrected chi connectivity index (χ2v) is 14.6. The van der Waals surface area contributed by atoms with E-state index in [4.69, 9.17) is 19.2 Å². The van der Waals surface area contributed by atoms with Crippen molar-refractivity contribution in [2.75, 3.05) is 13.7 Å². The Kier molecular flexibility index (Phi) is 9.96. The Bertz CT molecular complexity index is 1850. The van der Waals surface area contributed by atoms with E-state index in [0.717, 1.165) is 25.0 Å². The fourth-order valence-corrected chi connectivity index (χ4v) is 6.84. The van der Waals surface area contributed by atoms with E-state index in [1.54, 1.807) is 57.0 Å². The van der Waals surface area contributed by atoms with Crippen LogP contribution in [0.2, 0.25) is 0 Å². The lowest BCUT2D eigenvalue weighted by Gasteiger charge is -2.30. The van der Waals surface area contributed by atoms with Gasteiger partial charge in [-0.05, 0) is 65.5 Å². The largest absolute Gasteiger partial charge is 0.497 e. The molecule has 51 heavy (non-hydrogen) atoms. The van der Waals surface area contributed by atoms with Crippen LogP contribution in [0.5, 0.6) is 11.5 Å². The maximum absolute atomic E-state index is 14.4. The first-order chi connectivity index (χ1) is 24.3. The number of imidazole rings is 1. The summed E-state index contributed by atoms with van der Waals surface area (Å²) in [6, 6.07) is 5.18. The molecule has 6 rings (SSSR count). The first-order valence-electron chi connectivity index (χ1n) is 17.4. The number of amides is 3. The number of aromatic nitrogens is 3. The molecule has 1 aliphatic carbocycles. The summed E-state index contributed by atoms with van der Waals surface area (Å²) in [5, 5.41) is 16.4. The lowest BCUT2D eigenvalue weighted by Crippen LogP contribution is -2.56. The number of methoxy groups -OCH3 is 1. The Balaban J connectivity index is 1.34. The molecular weight excluding hydrogens is 656 g/mol. The first kappa shape index (κ1) is 35.7. The highest BCUT2D eigenvalue weighted by Gasteiger charge is 2.61. The summed E-state index contributed by atoms with van der Waals surface area (Å²) in [6.07, 6.45) is 9.63. The zero-order chi connectivity index (χ0) is 36.5. The lowest BCUT2D eigenvalue weighted by atomic mass is 10.0. The number of rotatable bonds is 6. The molecule has 3 aliphatic rings. The number of aryl methyl sites for hydroxylation is 1. The van der Waals surface area contributed by atoms with Crippen molar-refractivity contribution in [3.05, 3.63) is 54.6 Å². The van der Waals surface area contributed by atoms with Gasteiger partial charge < -0.3 is 34.9 Å². The Morgan fingerprint density at radius 2 is 1.94 bits per heavy atom. The SMILES string of the molecule is COc1ccc2c(O[C@@H]3C[C@H]4C(=O)N[C@]5(C(=O)O)CC5C=CCCCCC[C@H](NC(=O)OC(C)(C)C)C(=O)N4C3)cc(-n3cnc(C)c3)nc2c1. The highest BCUT2D eigenvalue weighted by molar-refractivity contribution is 5.96. The fraction of sp³-hybridized carbons (Fsp3) is 0.514. The number of pyridine rings is 1. The van der Waals surface area contributed by atoms with Crippen molar-refractivity contribution in [3.63, 3.8) is 0 Å². The molecule has 14 heteroatoms. The summed E-state index contributed by atoms with van der Waals surface area (Å²) in [7, 11) is 1.57. The van der Waals surface area contributed by atoms with Gasteiger partial charge in [0.15, 0.2) is 0 Å². The third-order valence-electron chi connectivity index (χ3n) is 9.55. The van der Waals surface area contributed by atoms with Gasteiger partial charge in [0.25, 0.3) is 0 Å². The molecule has 3 amide bonds. The average Bonchev–Trinajstić information content (AvgIpc) is 3.34. The second-order valence-electron chi connectivity index (χ2n) is 14.6. The standard InChI is InChI=1S/C37H46N6O8/c1-22-19-42(21-38-22)31-17-30(26-14-13-24(49-5)15-28(26)39-31)50-25-16-29-32(44)41-37(34(46)47)18-23(37)11-9-7-6-8-10-12-27(33(45)43(29)20-25)40-35(48)51-36(2,3)4/h9,11,13-15,17,19,21,23,25,27,29H,6-8,10,12,16,18,20H2,1-5H3,(H,40,48)(H,41,44)(H,46,47)/t23?,25-,27+,29+,37-/m1/s1. The normalized spacial score (nSPS) is 25.5. The van der Waals surface area contributed by atoms with Crippen molar-refractivity contribution < 1.29 is 38.5 Å². The minimum absolute atomic E-state index is 0.0201. The number of carbonyl (C=O) groups is 4. The number of carboxylic acid groups (broad SMARTS) is 1. The van der Waals surface area contributed by atoms with Crippen molar-refractivity contribution in [2.45, 2.75) is 102 Å². The number of fused-ring (bicyclic) bond motifs is 3. The van der Waals surface area contributed by atoms with Crippen LogP contribution >= 0.6 is 0 Å². The minimum Gasteiger partial charge on any atom is -0.497 e. The molecule has 14 nitrogen and oxygen atoms in total. The monoisotopic (exact) mass is 702 g/mol. The number of hydrogen-bond donors (Lipinski definition) is 3. The highest BCUT2D eigenvalue weighted by Crippen LogP contribution is 2.45. The Hall–Kier alpha value is -5.14. The molecule has 2 aromatic heterocycles. The number of carbonyl (C=O) groups excluding carboxylic acids is 3. The molecule has 0 spiro atoms. The summed E-state index contributed by atoms with van der Waals surface area (Å²) in [5.74, 6) is -0.891. The van der Waals surface area contributed by atoms with Crippen LogP contribution in [0.1, 0.15) is 71.4 Å². The molecule has 1 saturated heterocycles. The van der Waals surface area contributed by atoms with Crippen LogP contribution in [0, 0.1) is 12.8 Å². The number of benzene rings is 1. The van der Waals surface area contributed by atoms with Gasteiger partial charge in [0.1, 0.15) is 53.0 Å². The van der Waals surface area contributed by atoms with E-state index >= 15 is 0 Å². The van der Waals surface area contributed by atoms with Crippen molar-refractivity contribution >= 4 is 34.8 Å². The fourth-order valence-electron chi connectivity index (χ4n) is 6.84. The van der Waals surface area contributed by atoms with Crippen LogP contribution in [0.3, 0.4) is 0 Å². The second kappa shape index (κ2) is 14.2. The van der Waals surface area contributed by atoms with Gasteiger partial charge in [0.05, 0.1) is 24.9 Å². The Morgan fingerprint density at radius 1 is 1.14 bits per heavy atom. The van der Waals surface area contributed by atoms with E-state index in [1.165, 1.54) is 4.90 Å². The Labute approximate surface area is 296 Å². The number of hydrogen-bond acceptors (Lipinski definition) is 9. The Morgan fingerprint density at radius 3 is 2.65 bits per heavy atom. The number of carboxylic acids is 1. The number of allylic oxidation sites excluding steroid dienone is 1. The van der Waals surface area contributed by atoms with Crippen LogP contribution in [-0.2, 0) is 19.1 Å². The molecule has 0 radical (unpaired) electrons. The van der Waals surface area contributed by atoms with Crippen LogP contribution < -0.4 is 20.1 Å². The lowest BCUT2D eigenvalue weighted by molar-refractivity contribution is -0.145. The maximum Gasteiger partial charge on any atom is 0.408 e. The van der Waals surface area contributed by atoms with Gasteiger partial charge in [-0.3, -0.25) is 14.2 Å². The minimum atomic E-state index is -1.45. The van der Waals surface area contributed by atoms with Gasteiger partial charge in [-0.25, -0.2) is 19.6 Å². The van der Waals surface area contributed by atoms with Crippen molar-refractivity contribution in [1.82, 2.24) is 30.1 Å². The molecule has 0 bridgehead atoms. The van der Waals surface area contributed by atoms with E-state index in [-0.39, 0.29) is 25.3 Å². The summed E-state index contributed by atoms with van der Waals surface area (Å²) < 4.78 is 19.3. The molecule has 1 saturated carbocycles. The molecule has 2 aliphatic heterocycles. The van der Waals surface area contributed by atoms with Gasteiger partial charge in [-0.15, -0.1) is 0 Å². The summed E-state index contributed by atoms with van der Waals surface area (Å²) in [4.78, 5) is 64.4. The number of ether oxygens (including phenoxy) is 3. The number of nitrogens with one attached hydrogen (secondary N) is 2. The molecule has 2 fully saturated rings. The summed E-state index contributed by atoms with van der Waals surface area (Å²) in [5.41, 5.74) is -0.829. The predicted octanol–water partition coefficient (Wildman–Crippen LogP) is 4.46. The maximum atomic E-state index is 14.4. The smallest absolute Gasteiger partial charge is 0.408 e. The van der Waals surface area contributed by atoms with Crippen LogP contribution in [0.25, 0.3) is 16.7 Å². The topological polar surface area (TPSA) is 174 Å². The third kappa shape index (κ3) is 7.94. The number of aliphatic carboxylic acids is 1. The number of nitrogens with zero attached hydrogens (tertiary/aromatic N) is 4. The van der Waals surface area contributed by atoms with E-state index in [9.17, 15) is 24.3 Å². The molecule has 272 valence electrons. The van der Waals surface area contributed by atoms with E-state index in [2.05, 4.69) is 15.6 Å². The van der Waals surface area contributed by atoms with E-state index < -0.39 is 53.2 Å². The van der Waals surface area contributed by atoms with Crippen molar-refractivity contribution in [3.8, 4) is 17.3 Å². The van der Waals surface area contributed by atoms with Crippen LogP contribution in [0.4, 0.5) is 4.79 Å². The molecule has 3 aromatic rings. The van der Waals surface area contributed by atoms with E-state index in [1.807, 2.05) is 31.3 Å². The van der Waals surface area contributed by atoms with Gasteiger partial charge >= 0.3 is 12.1 Å². The average molecular weight is 703 g/mol. The molecule has 5 atom stereocenters. The molecule has 1 unspecified atom stereocenters. The predicted molar refractivity (Wildman–Crippen MR) is 187 cm³/mol. The van der Waals surface area contributed by atoms with Crippen molar-refractivity contribution in [2.24, 2.45) is 5.92 Å². The van der Waals surface area contributed by atoms with Gasteiger partial charge in [-0.1, -0.05) is 25.0 Å². The van der Waals surface area contributed by atoms with Gasteiger partial charge in [0, 0.05) is 36.1 Å². The van der Waals surface area contributed by atoms with Crippen molar-refractivity contribution in [1.29, 1.82) is 0 Å². The summed E-state index contributed by atoms with van der Waals surface area (Å²) in [6.45, 7) is 7.11. The first-order valence-corrected chi connectivity index (χ1v) is 17.4. The molecule has 4 heterocycles. The zero-order valence-electron chi connectivity index (χ0n) is 29.7. The van der Waals surface area contributed by atoms with E-state index in [0.29, 0.717) is 41.1 Å². The van der Waals surface area contributed by atoms with Gasteiger partial charge in [0.2, 0.25) is 11.8 Å². The zero-order valence-corrected chi connectivity index (χ0v) is 29.7.